The quantitative estimate of drug-likeness (QED) is 0.796. The van der Waals surface area contributed by atoms with Gasteiger partial charge in [-0.3, -0.25) is 9.59 Å². The van der Waals surface area contributed by atoms with E-state index in [1.807, 2.05) is 18.2 Å². The lowest BCUT2D eigenvalue weighted by Gasteiger charge is -2.10. The maximum Gasteiger partial charge on any atom is 0.241 e. The van der Waals surface area contributed by atoms with Crippen LogP contribution < -0.4 is 5.32 Å². The summed E-state index contributed by atoms with van der Waals surface area (Å²) in [6, 6.07) is 8.10. The van der Waals surface area contributed by atoms with Gasteiger partial charge < -0.3 is 10.2 Å². The van der Waals surface area contributed by atoms with Gasteiger partial charge in [-0.1, -0.05) is 12.1 Å². The number of aromatic nitrogens is 1. The molecule has 22 heavy (non-hydrogen) atoms. The molecule has 0 fully saturated rings. The highest BCUT2D eigenvalue weighted by Crippen LogP contribution is 2.22. The number of amides is 2. The lowest BCUT2D eigenvalue weighted by Crippen LogP contribution is -2.36. The molecule has 1 N–H and O–H groups in total. The van der Waals surface area contributed by atoms with E-state index < -0.39 is 0 Å². The van der Waals surface area contributed by atoms with Gasteiger partial charge in [0.2, 0.25) is 11.8 Å². The molecule has 1 heterocycles. The zero-order chi connectivity index (χ0) is 15.9. The van der Waals surface area contributed by atoms with E-state index in [2.05, 4.69) is 16.4 Å². The smallest absolute Gasteiger partial charge is 0.241 e. The van der Waals surface area contributed by atoms with Gasteiger partial charge in [0.15, 0.2) is 0 Å². The Hall–Kier alpha value is -1.95. The van der Waals surface area contributed by atoms with Gasteiger partial charge >= 0.3 is 0 Å². The van der Waals surface area contributed by atoms with E-state index in [0.29, 0.717) is 6.42 Å². The van der Waals surface area contributed by atoms with Gasteiger partial charge in [-0.05, 0) is 31.4 Å². The Morgan fingerprint density at radius 2 is 2.00 bits per heavy atom. The SMILES string of the molecule is CN(C)C(=O)CNC(=O)CCCCc1nc2ccccc2s1. The van der Waals surface area contributed by atoms with E-state index in [1.54, 1.807) is 25.4 Å². The molecule has 0 aliphatic rings. The molecule has 0 atom stereocenters. The van der Waals surface area contributed by atoms with Gasteiger partial charge in [0, 0.05) is 20.5 Å². The molecule has 0 aliphatic heterocycles. The van der Waals surface area contributed by atoms with Crippen LogP contribution in [0.5, 0.6) is 0 Å². The molecule has 2 rings (SSSR count). The third-order valence-corrected chi connectivity index (χ3v) is 4.41. The van der Waals surface area contributed by atoms with E-state index in [4.69, 9.17) is 0 Å². The van der Waals surface area contributed by atoms with Gasteiger partial charge in [0.05, 0.1) is 21.8 Å². The fraction of sp³-hybridized carbons (Fsp3) is 0.438. The molecule has 0 aliphatic carbocycles. The highest BCUT2D eigenvalue weighted by molar-refractivity contribution is 7.18. The van der Waals surface area contributed by atoms with Crippen molar-refractivity contribution in [3.63, 3.8) is 0 Å². The lowest BCUT2D eigenvalue weighted by molar-refractivity contribution is -0.130. The van der Waals surface area contributed by atoms with Crippen LogP contribution in [0, 0.1) is 0 Å². The fourth-order valence-corrected chi connectivity index (χ4v) is 3.02. The van der Waals surface area contributed by atoms with E-state index in [1.165, 1.54) is 9.60 Å². The maximum absolute atomic E-state index is 11.6. The summed E-state index contributed by atoms with van der Waals surface area (Å²) >= 11 is 1.71. The molecular formula is C16H21N3O2S. The molecule has 118 valence electrons. The predicted molar refractivity (Wildman–Crippen MR) is 88.9 cm³/mol. The van der Waals surface area contributed by atoms with Gasteiger partial charge in [0.25, 0.3) is 0 Å². The Morgan fingerprint density at radius 3 is 2.73 bits per heavy atom. The van der Waals surface area contributed by atoms with Crippen LogP contribution >= 0.6 is 11.3 Å². The number of fused-ring (bicyclic) bond motifs is 1. The lowest BCUT2D eigenvalue weighted by atomic mass is 10.2. The molecule has 0 unspecified atom stereocenters. The Bertz CT molecular complexity index is 619. The van der Waals surface area contributed by atoms with Crippen LogP contribution in [0.1, 0.15) is 24.3 Å². The number of nitrogens with one attached hydrogen (secondary N) is 1. The molecule has 6 heteroatoms. The summed E-state index contributed by atoms with van der Waals surface area (Å²) < 4.78 is 1.21. The molecular weight excluding hydrogens is 298 g/mol. The van der Waals surface area contributed by atoms with Gasteiger partial charge in [0.1, 0.15) is 0 Å². The number of likely N-dealkylation sites (N-methyl/N-ethyl adjacent to an activating group) is 1. The van der Waals surface area contributed by atoms with Crippen LogP contribution in [0.2, 0.25) is 0 Å². The van der Waals surface area contributed by atoms with Crippen LogP contribution in [0.25, 0.3) is 10.2 Å². The number of para-hydroxylation sites is 1. The van der Waals surface area contributed by atoms with Crippen molar-refractivity contribution in [1.82, 2.24) is 15.2 Å². The predicted octanol–water partition coefficient (Wildman–Crippen LogP) is 2.21. The fourth-order valence-electron chi connectivity index (χ4n) is 2.01. The summed E-state index contributed by atoms with van der Waals surface area (Å²) in [5, 5.41) is 3.76. The van der Waals surface area contributed by atoms with E-state index in [9.17, 15) is 9.59 Å². The Balaban J connectivity index is 1.66. The molecule has 1 aromatic carbocycles. The monoisotopic (exact) mass is 319 g/mol. The molecule has 0 saturated carbocycles. The first-order chi connectivity index (χ1) is 10.6. The van der Waals surface area contributed by atoms with Crippen molar-refractivity contribution in [3.8, 4) is 0 Å². The zero-order valence-electron chi connectivity index (χ0n) is 13.0. The molecule has 5 nitrogen and oxygen atoms in total. The van der Waals surface area contributed by atoms with Gasteiger partial charge in [-0.25, -0.2) is 4.98 Å². The van der Waals surface area contributed by atoms with Gasteiger partial charge in [-0.2, -0.15) is 0 Å². The van der Waals surface area contributed by atoms with E-state index >= 15 is 0 Å². The van der Waals surface area contributed by atoms with Crippen LogP contribution in [-0.2, 0) is 16.0 Å². The summed E-state index contributed by atoms with van der Waals surface area (Å²) in [6.07, 6.45) is 3.07. The molecule has 0 spiro atoms. The molecule has 0 radical (unpaired) electrons. The van der Waals surface area contributed by atoms with Crippen molar-refractivity contribution in [2.75, 3.05) is 20.6 Å². The second kappa shape index (κ2) is 7.89. The highest BCUT2D eigenvalue weighted by Gasteiger charge is 2.07. The first kappa shape index (κ1) is 16.4. The minimum Gasteiger partial charge on any atom is -0.347 e. The summed E-state index contributed by atoms with van der Waals surface area (Å²) in [5.41, 5.74) is 1.04. The van der Waals surface area contributed by atoms with Crippen molar-refractivity contribution in [3.05, 3.63) is 29.3 Å². The molecule has 2 aromatic rings. The minimum absolute atomic E-state index is 0.0699. The average Bonchev–Trinajstić information content (AvgIpc) is 2.91. The Labute approximate surface area is 134 Å². The number of thiazole rings is 1. The number of carbonyl (C=O) groups is 2. The number of aryl methyl sites for hydroxylation is 1. The molecule has 1 aromatic heterocycles. The summed E-state index contributed by atoms with van der Waals surface area (Å²) in [7, 11) is 3.35. The first-order valence-electron chi connectivity index (χ1n) is 7.37. The second-order valence-corrected chi connectivity index (χ2v) is 6.46. The Morgan fingerprint density at radius 1 is 1.23 bits per heavy atom. The standard InChI is InChI=1S/C16H21N3O2S/c1-19(2)16(21)11-17-14(20)9-5-6-10-15-18-12-7-3-4-8-13(12)22-15/h3-4,7-8H,5-6,9-11H2,1-2H3,(H,17,20). The molecule has 0 bridgehead atoms. The minimum atomic E-state index is -0.0946. The summed E-state index contributed by atoms with van der Waals surface area (Å²) in [4.78, 5) is 29.0. The number of hydrogen-bond donors (Lipinski definition) is 1. The number of hydrogen-bond acceptors (Lipinski definition) is 4. The first-order valence-corrected chi connectivity index (χ1v) is 8.19. The average molecular weight is 319 g/mol. The topological polar surface area (TPSA) is 62.3 Å². The summed E-state index contributed by atoms with van der Waals surface area (Å²) in [5.74, 6) is -0.165. The second-order valence-electron chi connectivity index (χ2n) is 5.35. The van der Waals surface area contributed by atoms with Crippen LogP contribution in [0.15, 0.2) is 24.3 Å². The van der Waals surface area contributed by atoms with Gasteiger partial charge in [-0.15, -0.1) is 11.3 Å². The van der Waals surface area contributed by atoms with Crippen LogP contribution in [-0.4, -0.2) is 42.3 Å². The third kappa shape index (κ3) is 4.80. The number of carbonyl (C=O) groups excluding carboxylic acids is 2. The highest BCUT2D eigenvalue weighted by atomic mass is 32.1. The van der Waals surface area contributed by atoms with E-state index in [-0.39, 0.29) is 18.4 Å². The van der Waals surface area contributed by atoms with Crippen molar-refractivity contribution in [2.24, 2.45) is 0 Å². The zero-order valence-corrected chi connectivity index (χ0v) is 13.8. The number of unbranched alkanes of at least 4 members (excludes halogenated alkanes) is 1. The van der Waals surface area contributed by atoms with E-state index in [0.717, 1.165) is 29.8 Å². The third-order valence-electron chi connectivity index (χ3n) is 3.32. The van der Waals surface area contributed by atoms with Crippen LogP contribution in [0.3, 0.4) is 0 Å². The number of rotatable bonds is 7. The normalized spacial score (nSPS) is 10.6. The maximum atomic E-state index is 11.6. The largest absolute Gasteiger partial charge is 0.347 e. The van der Waals surface area contributed by atoms with Crippen molar-refractivity contribution < 1.29 is 9.59 Å². The van der Waals surface area contributed by atoms with Crippen molar-refractivity contribution in [2.45, 2.75) is 25.7 Å². The van der Waals surface area contributed by atoms with Crippen molar-refractivity contribution >= 4 is 33.4 Å². The van der Waals surface area contributed by atoms with Crippen LogP contribution in [0.4, 0.5) is 0 Å². The number of nitrogens with zero attached hydrogens (tertiary/aromatic N) is 2. The van der Waals surface area contributed by atoms with Crippen molar-refractivity contribution in [1.29, 1.82) is 0 Å². The number of benzene rings is 1. The molecule has 0 saturated heterocycles. The molecule has 2 amide bonds. The Kier molecular flexibility index (Phi) is 5.89. The summed E-state index contributed by atoms with van der Waals surface area (Å²) in [6.45, 7) is 0.0731.